The first-order valence-corrected chi connectivity index (χ1v) is 10.4. The number of piperidine rings is 1. The Kier molecular flexibility index (Phi) is 5.58. The van der Waals surface area contributed by atoms with Gasteiger partial charge in [0.05, 0.1) is 11.1 Å². The highest BCUT2D eigenvalue weighted by Gasteiger charge is 2.24. The molecule has 0 unspecified atom stereocenters. The van der Waals surface area contributed by atoms with Gasteiger partial charge in [-0.2, -0.15) is 0 Å². The number of hydrogen-bond acceptors (Lipinski definition) is 5. The van der Waals surface area contributed by atoms with E-state index in [-0.39, 0.29) is 0 Å². The summed E-state index contributed by atoms with van der Waals surface area (Å²) >= 11 is 0. The minimum Gasteiger partial charge on any atom is -0.355 e. The van der Waals surface area contributed by atoms with Gasteiger partial charge in [-0.3, -0.25) is 4.98 Å². The van der Waals surface area contributed by atoms with E-state index in [1.165, 1.54) is 0 Å². The molecule has 2 aromatic rings. The van der Waals surface area contributed by atoms with Crippen molar-refractivity contribution in [3.63, 3.8) is 0 Å². The summed E-state index contributed by atoms with van der Waals surface area (Å²) in [6.07, 6.45) is 7.00. The molecule has 0 radical (unpaired) electrons. The van der Waals surface area contributed by atoms with Crippen LogP contribution in [-0.2, 0) is 10.0 Å². The zero-order chi connectivity index (χ0) is 18.7. The van der Waals surface area contributed by atoms with Gasteiger partial charge >= 0.3 is 0 Å². The van der Waals surface area contributed by atoms with Gasteiger partial charge in [-0.15, -0.1) is 0 Å². The van der Waals surface area contributed by atoms with E-state index < -0.39 is 10.0 Å². The summed E-state index contributed by atoms with van der Waals surface area (Å²) in [7, 11) is -3.49. The van der Waals surface area contributed by atoms with Crippen molar-refractivity contribution < 1.29 is 8.42 Å². The van der Waals surface area contributed by atoms with Crippen molar-refractivity contribution >= 4 is 15.8 Å². The molecule has 3 rings (SSSR count). The summed E-state index contributed by atoms with van der Waals surface area (Å²) in [5.41, 5.74) is 2.68. The van der Waals surface area contributed by atoms with Gasteiger partial charge in [0.15, 0.2) is 0 Å². The first-order chi connectivity index (χ1) is 12.4. The lowest BCUT2D eigenvalue weighted by atomic mass is 9.97. The smallest absolute Gasteiger partial charge is 0.241 e. The Bertz CT molecular complexity index is 837. The number of aromatic nitrogens is 2. The van der Waals surface area contributed by atoms with Crippen LogP contribution in [0.4, 0.5) is 5.82 Å². The van der Waals surface area contributed by atoms with E-state index in [0.29, 0.717) is 17.4 Å². The van der Waals surface area contributed by atoms with Gasteiger partial charge in [0.2, 0.25) is 10.0 Å². The molecule has 6 nitrogen and oxygen atoms in total. The normalized spacial score (nSPS) is 16.0. The SMILES string of the molecule is Cc1cc(C)c(S(=O)(=O)NCC2CCN(c3cnccn3)CC2)c(C)c1. The highest BCUT2D eigenvalue weighted by Crippen LogP contribution is 2.24. The number of benzene rings is 1. The van der Waals surface area contributed by atoms with Crippen LogP contribution in [-0.4, -0.2) is 38.0 Å². The fraction of sp³-hybridized carbons (Fsp3) is 0.474. The Labute approximate surface area is 155 Å². The molecule has 0 spiro atoms. The van der Waals surface area contributed by atoms with E-state index in [4.69, 9.17) is 0 Å². The van der Waals surface area contributed by atoms with Crippen LogP contribution in [0.1, 0.15) is 29.5 Å². The summed E-state index contributed by atoms with van der Waals surface area (Å²) in [5.74, 6) is 1.22. The van der Waals surface area contributed by atoms with E-state index in [0.717, 1.165) is 48.4 Å². The van der Waals surface area contributed by atoms with Crippen LogP contribution in [0, 0.1) is 26.7 Å². The van der Waals surface area contributed by atoms with Crippen molar-refractivity contribution in [1.29, 1.82) is 0 Å². The van der Waals surface area contributed by atoms with Crippen LogP contribution < -0.4 is 9.62 Å². The summed E-state index contributed by atoms with van der Waals surface area (Å²) in [6.45, 7) is 7.90. The number of nitrogens with zero attached hydrogens (tertiary/aromatic N) is 3. The number of nitrogens with one attached hydrogen (secondary N) is 1. The first kappa shape index (κ1) is 18.8. The molecule has 1 aromatic carbocycles. The molecule has 0 bridgehead atoms. The third-order valence-electron chi connectivity index (χ3n) is 4.92. The number of sulfonamides is 1. The van der Waals surface area contributed by atoms with E-state index in [1.807, 2.05) is 32.9 Å². The van der Waals surface area contributed by atoms with E-state index in [9.17, 15) is 8.42 Å². The first-order valence-electron chi connectivity index (χ1n) is 8.95. The predicted molar refractivity (Wildman–Crippen MR) is 103 cm³/mol. The van der Waals surface area contributed by atoms with Gasteiger partial charge in [-0.1, -0.05) is 17.7 Å². The molecule has 26 heavy (non-hydrogen) atoms. The maximum atomic E-state index is 12.8. The highest BCUT2D eigenvalue weighted by atomic mass is 32.2. The lowest BCUT2D eigenvalue weighted by Gasteiger charge is -2.32. The highest BCUT2D eigenvalue weighted by molar-refractivity contribution is 7.89. The molecule has 1 saturated heterocycles. The number of aryl methyl sites for hydroxylation is 3. The molecule has 1 aliphatic heterocycles. The predicted octanol–water partition coefficient (Wildman–Crippen LogP) is 2.60. The van der Waals surface area contributed by atoms with E-state index >= 15 is 0 Å². The summed E-state index contributed by atoms with van der Waals surface area (Å²) in [5, 5.41) is 0. The second kappa shape index (κ2) is 7.72. The maximum Gasteiger partial charge on any atom is 0.241 e. The lowest BCUT2D eigenvalue weighted by Crippen LogP contribution is -2.39. The molecular weight excluding hydrogens is 348 g/mol. The second-order valence-electron chi connectivity index (χ2n) is 7.07. The molecule has 0 atom stereocenters. The minimum atomic E-state index is -3.49. The molecule has 1 aliphatic rings. The zero-order valence-corrected chi connectivity index (χ0v) is 16.4. The lowest BCUT2D eigenvalue weighted by molar-refractivity contribution is 0.400. The van der Waals surface area contributed by atoms with E-state index in [1.54, 1.807) is 18.6 Å². The standard InChI is InChI=1S/C19H26N4O2S/c1-14-10-15(2)19(16(3)11-14)26(24,25)22-12-17-4-8-23(9-5-17)18-13-20-6-7-21-18/h6-7,10-11,13,17,22H,4-5,8-9,12H2,1-3H3. The monoisotopic (exact) mass is 374 g/mol. The van der Waals surface area contributed by atoms with Gasteiger partial charge < -0.3 is 4.90 Å². The quantitative estimate of drug-likeness (QED) is 0.871. The van der Waals surface area contributed by atoms with Crippen molar-refractivity contribution in [3.05, 3.63) is 47.4 Å². The van der Waals surface area contributed by atoms with Crippen molar-refractivity contribution in [2.75, 3.05) is 24.5 Å². The third kappa shape index (κ3) is 4.22. The Hall–Kier alpha value is -1.99. The molecule has 1 N–H and O–H groups in total. The molecule has 7 heteroatoms. The van der Waals surface area contributed by atoms with Crippen LogP contribution in [0.2, 0.25) is 0 Å². The fourth-order valence-electron chi connectivity index (χ4n) is 3.71. The molecular formula is C19H26N4O2S. The van der Waals surface area contributed by atoms with Gasteiger partial charge in [-0.05, 0) is 50.7 Å². The molecule has 0 aliphatic carbocycles. The Morgan fingerprint density at radius 1 is 1.12 bits per heavy atom. The number of rotatable bonds is 5. The van der Waals surface area contributed by atoms with Gasteiger partial charge in [0.1, 0.15) is 5.82 Å². The third-order valence-corrected chi connectivity index (χ3v) is 6.65. The van der Waals surface area contributed by atoms with Crippen molar-refractivity contribution in [2.45, 2.75) is 38.5 Å². The Balaban J connectivity index is 1.60. The van der Waals surface area contributed by atoms with Crippen molar-refractivity contribution in [2.24, 2.45) is 5.92 Å². The molecule has 2 heterocycles. The molecule has 1 aromatic heterocycles. The van der Waals surface area contributed by atoms with Gasteiger partial charge in [-0.25, -0.2) is 18.1 Å². The minimum absolute atomic E-state index is 0.337. The van der Waals surface area contributed by atoms with Crippen molar-refractivity contribution in [3.8, 4) is 0 Å². The van der Waals surface area contributed by atoms with Gasteiger partial charge in [0.25, 0.3) is 0 Å². The van der Waals surface area contributed by atoms with Crippen LogP contribution in [0.5, 0.6) is 0 Å². The number of anilines is 1. The average Bonchev–Trinajstić information content (AvgIpc) is 2.60. The Morgan fingerprint density at radius 2 is 1.77 bits per heavy atom. The molecule has 0 saturated carbocycles. The topological polar surface area (TPSA) is 75.2 Å². The summed E-state index contributed by atoms with van der Waals surface area (Å²) in [6, 6.07) is 3.84. The molecule has 1 fully saturated rings. The van der Waals surface area contributed by atoms with Crippen LogP contribution in [0.25, 0.3) is 0 Å². The Morgan fingerprint density at radius 3 is 2.35 bits per heavy atom. The van der Waals surface area contributed by atoms with Crippen LogP contribution in [0.3, 0.4) is 0 Å². The fourth-order valence-corrected chi connectivity index (χ4v) is 5.28. The molecule has 140 valence electrons. The second-order valence-corrected chi connectivity index (χ2v) is 8.78. The van der Waals surface area contributed by atoms with E-state index in [2.05, 4.69) is 19.6 Å². The van der Waals surface area contributed by atoms with Crippen molar-refractivity contribution in [1.82, 2.24) is 14.7 Å². The summed E-state index contributed by atoms with van der Waals surface area (Å²) in [4.78, 5) is 11.1. The van der Waals surface area contributed by atoms with Crippen LogP contribution in [0.15, 0.2) is 35.6 Å². The van der Waals surface area contributed by atoms with Gasteiger partial charge in [0, 0.05) is 32.0 Å². The number of hydrogen-bond donors (Lipinski definition) is 1. The zero-order valence-electron chi connectivity index (χ0n) is 15.6. The van der Waals surface area contributed by atoms with Crippen LogP contribution >= 0.6 is 0 Å². The molecule has 0 amide bonds. The maximum absolute atomic E-state index is 12.8. The summed E-state index contributed by atoms with van der Waals surface area (Å²) < 4.78 is 28.4. The average molecular weight is 375 g/mol. The largest absolute Gasteiger partial charge is 0.355 e.